The minimum atomic E-state index is -3.79. The standard InChI is InChI=1S/C33H55N7O5SSi4/c1-11-47(8,43)28(5)49(10)45-50(26-27(3)4,44-48(49,9)12-2)23-13-22-40-25-31(37-38-40)24-34-46(41,42)33-20-16-30(17-21-33)36-35-29-14-18-32(19-15-29)39(6)7/h14-21,25,28,34,43H,3,11-13,22-24,26H2,1-2,4-10H3/t28-,47?,48+,49?,50?/m0/s1. The molecule has 0 amide bonds. The smallest absolute Gasteiger partial charge is 0.321 e. The number of sulfonamides is 1. The molecule has 17 heteroatoms. The molecule has 3 aromatic rings. The maximum atomic E-state index is 13.0. The molecule has 2 aromatic carbocycles. The minimum Gasteiger partial charge on any atom is -0.436 e. The third-order valence-electron chi connectivity index (χ3n) is 10.3. The van der Waals surface area contributed by atoms with Crippen LogP contribution in [0.1, 0.15) is 39.8 Å². The highest BCUT2D eigenvalue weighted by atomic mass is 32.2. The van der Waals surface area contributed by atoms with Crippen LogP contribution in [0.25, 0.3) is 0 Å². The van der Waals surface area contributed by atoms with Crippen LogP contribution in [0.3, 0.4) is 0 Å². The summed E-state index contributed by atoms with van der Waals surface area (Å²) in [5, 5.41) is 17.1. The monoisotopic (exact) mass is 773 g/mol. The van der Waals surface area contributed by atoms with E-state index in [4.69, 9.17) is 8.23 Å². The van der Waals surface area contributed by atoms with Gasteiger partial charge in [-0.1, -0.05) is 31.6 Å². The highest BCUT2D eigenvalue weighted by Gasteiger charge is 2.69. The zero-order chi connectivity index (χ0) is 37.0. The van der Waals surface area contributed by atoms with Crippen molar-refractivity contribution in [2.45, 2.75) is 101 Å². The van der Waals surface area contributed by atoms with Gasteiger partial charge in [-0.15, -0.1) is 11.7 Å². The van der Waals surface area contributed by atoms with Gasteiger partial charge in [0.15, 0.2) is 24.0 Å². The van der Waals surface area contributed by atoms with E-state index in [1.807, 2.05) is 50.2 Å². The van der Waals surface area contributed by atoms with Crippen molar-refractivity contribution in [1.29, 1.82) is 0 Å². The fraction of sp³-hybridized carbons (Fsp3) is 0.515. The predicted octanol–water partition coefficient (Wildman–Crippen LogP) is 7.46. The normalized spacial score (nSPS) is 24.4. The van der Waals surface area contributed by atoms with Crippen molar-refractivity contribution in [3.8, 4) is 0 Å². The summed E-state index contributed by atoms with van der Waals surface area (Å²) in [7, 11) is -9.52. The Kier molecular flexibility index (Phi) is 12.8. The molecule has 1 saturated heterocycles. The van der Waals surface area contributed by atoms with Crippen LogP contribution >= 0.6 is 0 Å². The van der Waals surface area contributed by atoms with Crippen LogP contribution in [0.4, 0.5) is 17.1 Å². The van der Waals surface area contributed by atoms with Gasteiger partial charge < -0.3 is 17.9 Å². The van der Waals surface area contributed by atoms with E-state index in [0.717, 1.165) is 41.9 Å². The van der Waals surface area contributed by atoms with Crippen molar-refractivity contribution in [2.24, 2.45) is 10.2 Å². The van der Waals surface area contributed by atoms with Gasteiger partial charge in [-0.05, 0) is 105 Å². The molecule has 3 unspecified atom stereocenters. The van der Waals surface area contributed by atoms with Crippen molar-refractivity contribution >= 4 is 59.6 Å². The molecule has 274 valence electrons. The molecule has 2 heterocycles. The first-order chi connectivity index (χ1) is 23.4. The predicted molar refractivity (Wildman–Crippen MR) is 210 cm³/mol. The quantitative estimate of drug-likeness (QED) is 0.0818. The number of rotatable bonds is 17. The van der Waals surface area contributed by atoms with E-state index in [0.29, 0.717) is 23.6 Å². The van der Waals surface area contributed by atoms with Crippen molar-refractivity contribution in [1.82, 2.24) is 19.7 Å². The van der Waals surface area contributed by atoms with Crippen LogP contribution in [0.15, 0.2) is 82.0 Å². The van der Waals surface area contributed by atoms with Crippen LogP contribution < -0.4 is 9.62 Å². The molecule has 0 aliphatic carbocycles. The molecule has 1 fully saturated rings. The third kappa shape index (κ3) is 9.23. The molecule has 50 heavy (non-hydrogen) atoms. The molecular weight excluding hydrogens is 719 g/mol. The first-order valence-electron chi connectivity index (χ1n) is 17.3. The fourth-order valence-electron chi connectivity index (χ4n) is 6.53. The van der Waals surface area contributed by atoms with Crippen LogP contribution in [0.5, 0.6) is 0 Å². The maximum absolute atomic E-state index is 13.0. The number of nitrogens with one attached hydrogen (secondary N) is 1. The van der Waals surface area contributed by atoms with Crippen LogP contribution in [0.2, 0.25) is 49.0 Å². The summed E-state index contributed by atoms with van der Waals surface area (Å²) >= 11 is 0. The Morgan fingerprint density at radius 3 is 2.22 bits per heavy atom. The SMILES string of the molecule is C=C(C)C[Si]1(CCCn2cc(CNS(=O)(=O)c3ccc(N=Nc4ccc(N(C)C)cc4)cc3)nn2)O[Si](C)([C@@H](C)[Si](C)(O)CC)[Si@](C)(CC)O1. The van der Waals surface area contributed by atoms with Crippen LogP contribution in [-0.2, 0) is 31.3 Å². The highest BCUT2D eigenvalue weighted by molar-refractivity contribution is 7.89. The van der Waals surface area contributed by atoms with Crippen molar-refractivity contribution in [2.75, 3.05) is 19.0 Å². The number of hydrogen-bond donors (Lipinski definition) is 2. The zero-order valence-electron chi connectivity index (χ0n) is 31.1. The number of allylic oxidation sites excluding steroid dienone is 1. The summed E-state index contributed by atoms with van der Waals surface area (Å²) in [4.78, 5) is 13.6. The van der Waals surface area contributed by atoms with E-state index in [1.54, 1.807) is 23.0 Å². The van der Waals surface area contributed by atoms with E-state index in [1.165, 1.54) is 12.1 Å². The molecule has 1 aliphatic heterocycles. The maximum Gasteiger partial charge on any atom is 0.321 e. The Morgan fingerprint density at radius 1 is 1.08 bits per heavy atom. The number of anilines is 1. The molecule has 2 N–H and O–H groups in total. The fourth-order valence-corrected chi connectivity index (χ4v) is 46.2. The summed E-state index contributed by atoms with van der Waals surface area (Å²) in [6.45, 7) is 20.2. The van der Waals surface area contributed by atoms with Gasteiger partial charge in [0.2, 0.25) is 10.0 Å². The largest absolute Gasteiger partial charge is 0.436 e. The van der Waals surface area contributed by atoms with E-state index in [9.17, 15) is 13.2 Å². The molecule has 12 nitrogen and oxygen atoms in total. The van der Waals surface area contributed by atoms with Gasteiger partial charge >= 0.3 is 8.56 Å². The van der Waals surface area contributed by atoms with Crippen molar-refractivity contribution in [3.05, 3.63) is 72.6 Å². The van der Waals surface area contributed by atoms with Gasteiger partial charge in [-0.25, -0.2) is 13.1 Å². The molecule has 0 radical (unpaired) electrons. The molecule has 5 atom stereocenters. The highest BCUT2D eigenvalue weighted by Crippen LogP contribution is 2.50. The number of benzene rings is 2. The third-order valence-corrected chi connectivity index (χ3v) is 43.8. The van der Waals surface area contributed by atoms with Gasteiger partial charge in [-0.3, -0.25) is 4.68 Å². The number of azo groups is 1. The van der Waals surface area contributed by atoms with Crippen molar-refractivity contribution < 1.29 is 21.4 Å². The zero-order valence-corrected chi connectivity index (χ0v) is 35.9. The lowest BCUT2D eigenvalue weighted by Crippen LogP contribution is -2.64. The van der Waals surface area contributed by atoms with Gasteiger partial charge in [0.05, 0.1) is 28.5 Å². The summed E-state index contributed by atoms with van der Waals surface area (Å²) in [5.74, 6) is 0. The Balaban J connectivity index is 1.35. The van der Waals surface area contributed by atoms with Crippen molar-refractivity contribution in [3.63, 3.8) is 0 Å². The molecule has 0 spiro atoms. The first kappa shape index (κ1) is 40.2. The molecule has 4 rings (SSSR count). The molecular formula is C33H55N7O5SSi4. The average Bonchev–Trinajstić information content (AvgIpc) is 3.62. The Labute approximate surface area is 302 Å². The van der Waals surface area contributed by atoms with Crippen LogP contribution in [0, 0.1) is 0 Å². The lowest BCUT2D eigenvalue weighted by molar-refractivity contribution is 0.412. The molecule has 1 aliphatic rings. The lowest BCUT2D eigenvalue weighted by atomic mass is 10.3. The van der Waals surface area contributed by atoms with Gasteiger partial charge in [0, 0.05) is 38.6 Å². The second kappa shape index (κ2) is 15.9. The van der Waals surface area contributed by atoms with Gasteiger partial charge in [0.25, 0.3) is 0 Å². The summed E-state index contributed by atoms with van der Waals surface area (Å²) in [6, 6.07) is 17.3. The number of aromatic nitrogens is 3. The van der Waals surface area contributed by atoms with E-state index < -0.39 is 42.6 Å². The minimum absolute atomic E-state index is 0.0108. The Hall–Kier alpha value is -2.62. The summed E-state index contributed by atoms with van der Waals surface area (Å²) in [5.41, 5.74) is 3.90. The average molecular weight is 774 g/mol. The van der Waals surface area contributed by atoms with E-state index >= 15 is 0 Å². The summed E-state index contributed by atoms with van der Waals surface area (Å²) in [6.07, 6.45) is 2.56. The Bertz CT molecular complexity index is 1760. The second-order valence-corrected chi connectivity index (χ2v) is 37.7. The molecule has 0 bridgehead atoms. The number of hydrogen-bond acceptors (Lipinski definition) is 10. The number of aryl methyl sites for hydroxylation is 1. The Morgan fingerprint density at radius 2 is 1.68 bits per heavy atom. The van der Waals surface area contributed by atoms with E-state index in [2.05, 4.69) is 72.3 Å². The lowest BCUT2D eigenvalue weighted by Gasteiger charge is -2.43. The number of nitrogens with zero attached hydrogens (tertiary/aromatic N) is 6. The van der Waals surface area contributed by atoms with Gasteiger partial charge in [-0.2, -0.15) is 10.2 Å². The molecule has 1 aromatic heterocycles. The van der Waals surface area contributed by atoms with Crippen LogP contribution in [-0.4, -0.2) is 74.9 Å². The molecule has 0 saturated carbocycles. The topological polar surface area (TPSA) is 144 Å². The second-order valence-electron chi connectivity index (χ2n) is 14.4. The van der Waals surface area contributed by atoms with Gasteiger partial charge in [0.1, 0.15) is 0 Å². The summed E-state index contributed by atoms with van der Waals surface area (Å²) < 4.78 is 45.0. The van der Waals surface area contributed by atoms with E-state index in [-0.39, 0.29) is 16.6 Å². The first-order valence-corrected chi connectivity index (χ1v) is 29.9.